The van der Waals surface area contributed by atoms with Crippen LogP contribution in [-0.2, 0) is 16.0 Å². The van der Waals surface area contributed by atoms with Gasteiger partial charge in [0.15, 0.2) is 11.5 Å². The Morgan fingerprint density at radius 3 is 2.43 bits per heavy atom. The molecule has 0 fully saturated rings. The Kier molecular flexibility index (Phi) is 7.38. The summed E-state index contributed by atoms with van der Waals surface area (Å²) in [5, 5.41) is 8.64. The Labute approximate surface area is 137 Å². The summed E-state index contributed by atoms with van der Waals surface area (Å²) in [6.45, 7) is 2.31. The quantitative estimate of drug-likeness (QED) is 0.754. The first kappa shape index (κ1) is 18.8. The first-order valence-electron chi connectivity index (χ1n) is 7.56. The van der Waals surface area contributed by atoms with Crippen LogP contribution >= 0.6 is 0 Å². The van der Waals surface area contributed by atoms with Crippen molar-refractivity contribution < 1.29 is 24.2 Å². The van der Waals surface area contributed by atoms with Crippen molar-refractivity contribution in [3.63, 3.8) is 0 Å². The number of aliphatic carboxylic acids is 1. The van der Waals surface area contributed by atoms with Crippen molar-refractivity contribution in [2.75, 3.05) is 27.8 Å². The van der Waals surface area contributed by atoms with Gasteiger partial charge in [-0.3, -0.25) is 9.59 Å². The average Bonchev–Trinajstić information content (AvgIpc) is 2.53. The number of hydrogen-bond acceptors (Lipinski definition) is 4. The minimum absolute atomic E-state index is 0.00479. The van der Waals surface area contributed by atoms with Crippen LogP contribution in [0.15, 0.2) is 18.2 Å². The van der Waals surface area contributed by atoms with E-state index in [1.807, 2.05) is 25.1 Å². The molecule has 0 aliphatic heterocycles. The van der Waals surface area contributed by atoms with E-state index in [0.717, 1.165) is 5.56 Å². The number of amides is 1. The number of carbonyl (C=O) groups excluding carboxylic acids is 1. The molecular weight excluding hydrogens is 298 g/mol. The predicted molar refractivity (Wildman–Crippen MR) is 86.9 cm³/mol. The van der Waals surface area contributed by atoms with Crippen molar-refractivity contribution in [3.8, 4) is 11.5 Å². The van der Waals surface area contributed by atoms with Crippen LogP contribution in [0.1, 0.15) is 25.3 Å². The largest absolute Gasteiger partial charge is 0.493 e. The van der Waals surface area contributed by atoms with Crippen LogP contribution in [0.5, 0.6) is 11.5 Å². The molecule has 1 aromatic carbocycles. The van der Waals surface area contributed by atoms with Crippen LogP contribution in [0.2, 0.25) is 0 Å². The Bertz CT molecular complexity index is 544. The molecule has 0 saturated heterocycles. The summed E-state index contributed by atoms with van der Waals surface area (Å²) in [7, 11) is 4.86. The van der Waals surface area contributed by atoms with Crippen molar-refractivity contribution >= 4 is 11.9 Å². The summed E-state index contributed by atoms with van der Waals surface area (Å²) in [6.07, 6.45) is 1.12. The number of carbonyl (C=O) groups is 2. The highest BCUT2D eigenvalue weighted by Crippen LogP contribution is 2.28. The van der Waals surface area contributed by atoms with Crippen LogP contribution in [0.3, 0.4) is 0 Å². The molecule has 6 nitrogen and oxygen atoms in total. The molecule has 0 aliphatic rings. The SMILES string of the molecule is COc1ccc(CC(C)C(=O)N(C)CCCC(=O)O)cc1OC. The van der Waals surface area contributed by atoms with Crippen molar-refractivity contribution in [2.45, 2.75) is 26.2 Å². The Hall–Kier alpha value is -2.24. The van der Waals surface area contributed by atoms with E-state index in [2.05, 4.69) is 0 Å². The van der Waals surface area contributed by atoms with Gasteiger partial charge < -0.3 is 19.5 Å². The molecule has 128 valence electrons. The van der Waals surface area contributed by atoms with Crippen LogP contribution in [-0.4, -0.2) is 49.7 Å². The third kappa shape index (κ3) is 5.81. The van der Waals surface area contributed by atoms with E-state index in [1.165, 1.54) is 0 Å². The summed E-state index contributed by atoms with van der Waals surface area (Å²) in [6, 6.07) is 5.60. The molecule has 1 N–H and O–H groups in total. The second-order valence-electron chi connectivity index (χ2n) is 5.55. The van der Waals surface area contributed by atoms with Gasteiger partial charge in [0.1, 0.15) is 0 Å². The average molecular weight is 323 g/mol. The van der Waals surface area contributed by atoms with Gasteiger partial charge in [0.05, 0.1) is 14.2 Å². The van der Waals surface area contributed by atoms with Gasteiger partial charge in [-0.25, -0.2) is 0 Å². The van der Waals surface area contributed by atoms with Gasteiger partial charge in [0.2, 0.25) is 5.91 Å². The second kappa shape index (κ2) is 9.02. The maximum atomic E-state index is 12.3. The number of methoxy groups -OCH3 is 2. The van der Waals surface area contributed by atoms with Gasteiger partial charge in [-0.05, 0) is 30.5 Å². The van der Waals surface area contributed by atoms with E-state index in [9.17, 15) is 9.59 Å². The fourth-order valence-electron chi connectivity index (χ4n) is 2.40. The third-order valence-corrected chi connectivity index (χ3v) is 3.67. The van der Waals surface area contributed by atoms with Gasteiger partial charge in [-0.15, -0.1) is 0 Å². The number of carboxylic acids is 1. The first-order chi connectivity index (χ1) is 10.9. The molecule has 1 aromatic rings. The number of carboxylic acid groups (broad SMARTS) is 1. The lowest BCUT2D eigenvalue weighted by molar-refractivity contribution is -0.138. The van der Waals surface area contributed by atoms with Crippen LogP contribution < -0.4 is 9.47 Å². The minimum Gasteiger partial charge on any atom is -0.493 e. The summed E-state index contributed by atoms with van der Waals surface area (Å²) in [5.74, 6) is 0.262. The highest BCUT2D eigenvalue weighted by molar-refractivity contribution is 5.78. The van der Waals surface area contributed by atoms with Crippen molar-refractivity contribution in [3.05, 3.63) is 23.8 Å². The van der Waals surface area contributed by atoms with Gasteiger partial charge in [-0.2, -0.15) is 0 Å². The molecule has 0 bridgehead atoms. The number of benzene rings is 1. The summed E-state index contributed by atoms with van der Waals surface area (Å²) >= 11 is 0. The van der Waals surface area contributed by atoms with Gasteiger partial charge in [0.25, 0.3) is 0 Å². The smallest absolute Gasteiger partial charge is 0.303 e. The van der Waals surface area contributed by atoms with Gasteiger partial charge in [0, 0.05) is 25.9 Å². The molecule has 6 heteroatoms. The summed E-state index contributed by atoms with van der Waals surface area (Å²) in [5.41, 5.74) is 0.988. The standard InChI is InChI=1S/C17H25NO5/c1-12(17(21)18(2)9-5-6-16(19)20)10-13-7-8-14(22-3)15(11-13)23-4/h7-8,11-12H,5-6,9-10H2,1-4H3,(H,19,20). The molecule has 1 unspecified atom stereocenters. The number of ether oxygens (including phenoxy) is 2. The molecule has 0 saturated carbocycles. The van der Waals surface area contributed by atoms with Crippen molar-refractivity contribution in [1.82, 2.24) is 4.90 Å². The van der Waals surface area contributed by atoms with E-state index < -0.39 is 5.97 Å². The number of hydrogen-bond donors (Lipinski definition) is 1. The topological polar surface area (TPSA) is 76.1 Å². The molecular formula is C17H25NO5. The van der Waals surface area contributed by atoms with Gasteiger partial charge in [-0.1, -0.05) is 13.0 Å². The third-order valence-electron chi connectivity index (χ3n) is 3.67. The van der Waals surface area contributed by atoms with Crippen LogP contribution in [0, 0.1) is 5.92 Å². The maximum Gasteiger partial charge on any atom is 0.303 e. The predicted octanol–water partition coefficient (Wildman–Crippen LogP) is 2.21. The molecule has 0 radical (unpaired) electrons. The zero-order valence-electron chi connectivity index (χ0n) is 14.2. The maximum absolute atomic E-state index is 12.3. The second-order valence-corrected chi connectivity index (χ2v) is 5.55. The lowest BCUT2D eigenvalue weighted by Crippen LogP contribution is -2.33. The van der Waals surface area contributed by atoms with Crippen molar-refractivity contribution in [1.29, 1.82) is 0 Å². The fourth-order valence-corrected chi connectivity index (χ4v) is 2.40. The molecule has 0 aliphatic carbocycles. The van der Waals surface area contributed by atoms with E-state index in [0.29, 0.717) is 30.9 Å². The molecule has 0 spiro atoms. The zero-order chi connectivity index (χ0) is 17.4. The van der Waals surface area contributed by atoms with E-state index >= 15 is 0 Å². The summed E-state index contributed by atoms with van der Waals surface area (Å²) < 4.78 is 10.5. The monoisotopic (exact) mass is 323 g/mol. The highest BCUT2D eigenvalue weighted by atomic mass is 16.5. The Morgan fingerprint density at radius 1 is 1.22 bits per heavy atom. The minimum atomic E-state index is -0.843. The Morgan fingerprint density at radius 2 is 1.87 bits per heavy atom. The Balaban J connectivity index is 2.62. The van der Waals surface area contributed by atoms with E-state index in [-0.39, 0.29) is 18.2 Å². The lowest BCUT2D eigenvalue weighted by atomic mass is 9.99. The number of rotatable bonds is 9. The van der Waals surface area contributed by atoms with Crippen LogP contribution in [0.4, 0.5) is 0 Å². The van der Waals surface area contributed by atoms with E-state index in [4.69, 9.17) is 14.6 Å². The molecule has 23 heavy (non-hydrogen) atoms. The van der Waals surface area contributed by atoms with E-state index in [1.54, 1.807) is 26.2 Å². The molecule has 0 aromatic heterocycles. The molecule has 1 amide bonds. The lowest BCUT2D eigenvalue weighted by Gasteiger charge is -2.21. The summed E-state index contributed by atoms with van der Waals surface area (Å²) in [4.78, 5) is 24.4. The van der Waals surface area contributed by atoms with Crippen LogP contribution in [0.25, 0.3) is 0 Å². The molecule has 0 heterocycles. The highest BCUT2D eigenvalue weighted by Gasteiger charge is 2.18. The van der Waals surface area contributed by atoms with Gasteiger partial charge >= 0.3 is 5.97 Å². The fraction of sp³-hybridized carbons (Fsp3) is 0.529. The normalized spacial score (nSPS) is 11.7. The first-order valence-corrected chi connectivity index (χ1v) is 7.56. The zero-order valence-corrected chi connectivity index (χ0v) is 14.2. The van der Waals surface area contributed by atoms with Crippen molar-refractivity contribution in [2.24, 2.45) is 5.92 Å². The molecule has 1 rings (SSSR count). The molecule has 1 atom stereocenters. The number of nitrogens with zero attached hydrogens (tertiary/aromatic N) is 1.